The maximum absolute atomic E-state index is 6.03. The van der Waals surface area contributed by atoms with Gasteiger partial charge < -0.3 is 14.8 Å². The molecule has 1 aliphatic heterocycles. The van der Waals surface area contributed by atoms with E-state index < -0.39 is 0 Å². The molecule has 19 heavy (non-hydrogen) atoms. The average Bonchev–Trinajstić information content (AvgIpc) is 2.48. The molecule has 5 nitrogen and oxygen atoms in total. The number of anilines is 1. The van der Waals surface area contributed by atoms with E-state index in [2.05, 4.69) is 15.5 Å². The molecule has 6 heteroatoms. The van der Waals surface area contributed by atoms with Crippen molar-refractivity contribution in [3.63, 3.8) is 0 Å². The Labute approximate surface area is 115 Å². The zero-order chi connectivity index (χ0) is 13.1. The van der Waals surface area contributed by atoms with E-state index in [-0.39, 0.29) is 6.10 Å². The molecule has 1 aliphatic rings. The molecule has 2 aromatic rings. The van der Waals surface area contributed by atoms with E-state index in [0.29, 0.717) is 37.3 Å². The molecule has 100 valence electrons. The zero-order valence-corrected chi connectivity index (χ0v) is 11.1. The van der Waals surface area contributed by atoms with Crippen LogP contribution in [-0.2, 0) is 9.47 Å². The van der Waals surface area contributed by atoms with Crippen LogP contribution in [0, 0.1) is 0 Å². The minimum absolute atomic E-state index is 0.0463. The van der Waals surface area contributed by atoms with Crippen LogP contribution in [0.15, 0.2) is 24.3 Å². The molecule has 2 heterocycles. The van der Waals surface area contributed by atoms with Crippen LogP contribution in [0.5, 0.6) is 0 Å². The molecule has 3 rings (SSSR count). The molecular weight excluding hydrogens is 266 g/mol. The first-order valence-electron chi connectivity index (χ1n) is 6.19. The molecule has 1 atom stereocenters. The van der Waals surface area contributed by atoms with Crippen molar-refractivity contribution in [1.29, 1.82) is 0 Å². The predicted octanol–water partition coefficient (Wildman–Crippen LogP) is 2.11. The van der Waals surface area contributed by atoms with Crippen LogP contribution in [0.1, 0.15) is 0 Å². The molecule has 0 amide bonds. The van der Waals surface area contributed by atoms with Gasteiger partial charge in [-0.25, -0.2) is 0 Å². The molecule has 1 N–H and O–H groups in total. The SMILES string of the molecule is Clc1nnc(NCC2COCCO2)c2ccccc12. The van der Waals surface area contributed by atoms with Crippen LogP contribution in [0.3, 0.4) is 0 Å². The number of ether oxygens (including phenoxy) is 2. The van der Waals surface area contributed by atoms with Gasteiger partial charge in [0.2, 0.25) is 0 Å². The fourth-order valence-electron chi connectivity index (χ4n) is 2.07. The number of hydrogen-bond acceptors (Lipinski definition) is 5. The van der Waals surface area contributed by atoms with Crippen molar-refractivity contribution in [2.24, 2.45) is 0 Å². The highest BCUT2D eigenvalue weighted by molar-refractivity contribution is 6.34. The minimum Gasteiger partial charge on any atom is -0.376 e. The minimum atomic E-state index is 0.0463. The van der Waals surface area contributed by atoms with Crippen LogP contribution in [-0.4, -0.2) is 42.7 Å². The molecule has 0 radical (unpaired) electrons. The molecule has 1 fully saturated rings. The number of rotatable bonds is 3. The van der Waals surface area contributed by atoms with Crippen molar-refractivity contribution in [3.8, 4) is 0 Å². The zero-order valence-electron chi connectivity index (χ0n) is 10.3. The topological polar surface area (TPSA) is 56.3 Å². The van der Waals surface area contributed by atoms with Crippen LogP contribution >= 0.6 is 11.6 Å². The molecular formula is C13H14ClN3O2. The number of hydrogen-bond donors (Lipinski definition) is 1. The predicted molar refractivity (Wildman–Crippen MR) is 73.6 cm³/mol. The van der Waals surface area contributed by atoms with Gasteiger partial charge in [-0.15, -0.1) is 10.2 Å². The van der Waals surface area contributed by atoms with Crippen LogP contribution < -0.4 is 5.32 Å². The normalized spacial score (nSPS) is 19.5. The first-order chi connectivity index (χ1) is 9.34. The number of nitrogens with one attached hydrogen (secondary N) is 1. The van der Waals surface area contributed by atoms with Gasteiger partial charge in [0.1, 0.15) is 0 Å². The third kappa shape index (κ3) is 2.78. The van der Waals surface area contributed by atoms with Gasteiger partial charge in [-0.3, -0.25) is 0 Å². The van der Waals surface area contributed by atoms with Gasteiger partial charge >= 0.3 is 0 Å². The lowest BCUT2D eigenvalue weighted by atomic mass is 10.2. The Kier molecular flexibility index (Phi) is 3.77. The van der Waals surface area contributed by atoms with Crippen LogP contribution in [0.2, 0.25) is 5.15 Å². The monoisotopic (exact) mass is 279 g/mol. The van der Waals surface area contributed by atoms with E-state index in [1.54, 1.807) is 0 Å². The maximum atomic E-state index is 6.03. The number of benzene rings is 1. The largest absolute Gasteiger partial charge is 0.376 e. The van der Waals surface area contributed by atoms with Gasteiger partial charge in [0.05, 0.1) is 25.9 Å². The second kappa shape index (κ2) is 5.69. The Bertz CT molecular complexity index is 573. The molecule has 1 aromatic carbocycles. The first-order valence-corrected chi connectivity index (χ1v) is 6.56. The molecule has 1 unspecified atom stereocenters. The highest BCUT2D eigenvalue weighted by atomic mass is 35.5. The maximum Gasteiger partial charge on any atom is 0.159 e. The van der Waals surface area contributed by atoms with Crippen molar-refractivity contribution in [1.82, 2.24) is 10.2 Å². The number of fused-ring (bicyclic) bond motifs is 1. The van der Waals surface area contributed by atoms with Gasteiger partial charge in [0, 0.05) is 17.3 Å². The highest BCUT2D eigenvalue weighted by Crippen LogP contribution is 2.25. The molecule has 0 saturated carbocycles. The molecule has 0 spiro atoms. The summed E-state index contributed by atoms with van der Waals surface area (Å²) < 4.78 is 10.9. The standard InChI is InChI=1S/C13H14ClN3O2/c14-12-10-3-1-2-4-11(10)13(17-16-12)15-7-9-8-18-5-6-19-9/h1-4,9H,5-8H2,(H,15,17). The van der Waals surface area contributed by atoms with Gasteiger partial charge in [0.15, 0.2) is 11.0 Å². The Morgan fingerprint density at radius 2 is 2.05 bits per heavy atom. The van der Waals surface area contributed by atoms with E-state index in [0.717, 1.165) is 10.8 Å². The van der Waals surface area contributed by atoms with E-state index in [4.69, 9.17) is 21.1 Å². The lowest BCUT2D eigenvalue weighted by molar-refractivity contribution is -0.0819. The summed E-state index contributed by atoms with van der Waals surface area (Å²) in [6, 6.07) is 7.78. The van der Waals surface area contributed by atoms with Gasteiger partial charge in [-0.2, -0.15) is 0 Å². The Hall–Kier alpha value is -1.43. The van der Waals surface area contributed by atoms with Crippen molar-refractivity contribution in [3.05, 3.63) is 29.4 Å². The van der Waals surface area contributed by atoms with E-state index in [1.165, 1.54) is 0 Å². The van der Waals surface area contributed by atoms with E-state index in [9.17, 15) is 0 Å². The number of nitrogens with zero attached hydrogens (tertiary/aromatic N) is 2. The van der Waals surface area contributed by atoms with Crippen molar-refractivity contribution in [2.45, 2.75) is 6.10 Å². The van der Waals surface area contributed by atoms with Gasteiger partial charge in [-0.05, 0) is 0 Å². The third-order valence-corrected chi connectivity index (χ3v) is 3.30. The van der Waals surface area contributed by atoms with Crippen molar-refractivity contribution >= 4 is 28.2 Å². The summed E-state index contributed by atoms with van der Waals surface area (Å²) in [6.45, 7) is 2.55. The summed E-state index contributed by atoms with van der Waals surface area (Å²) in [5.74, 6) is 0.717. The second-order valence-electron chi connectivity index (χ2n) is 4.33. The quantitative estimate of drug-likeness (QED) is 0.933. The molecule has 1 aromatic heterocycles. The Morgan fingerprint density at radius 3 is 2.84 bits per heavy atom. The first kappa shape index (κ1) is 12.6. The second-order valence-corrected chi connectivity index (χ2v) is 4.69. The summed E-state index contributed by atoms with van der Waals surface area (Å²) in [6.07, 6.45) is 0.0463. The smallest absolute Gasteiger partial charge is 0.159 e. The fourth-order valence-corrected chi connectivity index (χ4v) is 2.27. The van der Waals surface area contributed by atoms with Crippen LogP contribution in [0.25, 0.3) is 10.8 Å². The number of aromatic nitrogens is 2. The number of halogens is 1. The summed E-state index contributed by atoms with van der Waals surface area (Å²) in [7, 11) is 0. The molecule has 0 aliphatic carbocycles. The highest BCUT2D eigenvalue weighted by Gasteiger charge is 2.15. The van der Waals surface area contributed by atoms with E-state index in [1.807, 2.05) is 24.3 Å². The fraction of sp³-hybridized carbons (Fsp3) is 0.385. The van der Waals surface area contributed by atoms with E-state index >= 15 is 0 Å². The Balaban J connectivity index is 1.79. The Morgan fingerprint density at radius 1 is 1.21 bits per heavy atom. The average molecular weight is 280 g/mol. The third-order valence-electron chi connectivity index (χ3n) is 3.02. The molecule has 0 bridgehead atoms. The van der Waals surface area contributed by atoms with Gasteiger partial charge in [-0.1, -0.05) is 35.9 Å². The lowest BCUT2D eigenvalue weighted by Gasteiger charge is -2.23. The summed E-state index contributed by atoms with van der Waals surface area (Å²) in [5, 5.41) is 13.6. The van der Waals surface area contributed by atoms with Crippen molar-refractivity contribution in [2.75, 3.05) is 31.7 Å². The summed E-state index contributed by atoms with van der Waals surface area (Å²) in [4.78, 5) is 0. The van der Waals surface area contributed by atoms with Crippen LogP contribution in [0.4, 0.5) is 5.82 Å². The van der Waals surface area contributed by atoms with Gasteiger partial charge in [0.25, 0.3) is 0 Å². The molecule has 1 saturated heterocycles. The lowest BCUT2D eigenvalue weighted by Crippen LogP contribution is -2.34. The summed E-state index contributed by atoms with van der Waals surface area (Å²) in [5.41, 5.74) is 0. The summed E-state index contributed by atoms with van der Waals surface area (Å²) >= 11 is 6.03. The van der Waals surface area contributed by atoms with Crippen molar-refractivity contribution < 1.29 is 9.47 Å².